The van der Waals surface area contributed by atoms with E-state index >= 15 is 0 Å². The van der Waals surface area contributed by atoms with E-state index in [1.807, 2.05) is 13.0 Å². The van der Waals surface area contributed by atoms with Gasteiger partial charge in [-0.3, -0.25) is 4.99 Å². The molecule has 0 fully saturated rings. The SMILES string of the molecule is CN=C(NCc1cccc(S(=O)(=O)NC)c1)NCc1nc(C)c(C)s1. The molecule has 25 heavy (non-hydrogen) atoms. The van der Waals surface area contributed by atoms with Gasteiger partial charge in [-0.2, -0.15) is 0 Å². The molecule has 1 heterocycles. The number of nitrogens with one attached hydrogen (secondary N) is 3. The smallest absolute Gasteiger partial charge is 0.240 e. The van der Waals surface area contributed by atoms with Gasteiger partial charge in [-0.05, 0) is 38.6 Å². The number of aliphatic imine (C=N–C) groups is 1. The van der Waals surface area contributed by atoms with E-state index in [-0.39, 0.29) is 4.90 Å². The minimum atomic E-state index is -3.44. The van der Waals surface area contributed by atoms with E-state index in [4.69, 9.17) is 0 Å². The van der Waals surface area contributed by atoms with Gasteiger partial charge in [0.25, 0.3) is 0 Å². The van der Waals surface area contributed by atoms with Crippen LogP contribution in [0.25, 0.3) is 0 Å². The van der Waals surface area contributed by atoms with Crippen LogP contribution in [-0.4, -0.2) is 33.5 Å². The molecule has 0 atom stereocenters. The summed E-state index contributed by atoms with van der Waals surface area (Å²) in [6.07, 6.45) is 0. The molecule has 9 heteroatoms. The number of guanidine groups is 1. The van der Waals surface area contributed by atoms with Crippen molar-refractivity contribution < 1.29 is 8.42 Å². The summed E-state index contributed by atoms with van der Waals surface area (Å²) in [4.78, 5) is 10.1. The van der Waals surface area contributed by atoms with Crippen LogP contribution in [0.4, 0.5) is 0 Å². The number of hydrogen-bond donors (Lipinski definition) is 3. The highest BCUT2D eigenvalue weighted by Crippen LogP contribution is 2.16. The number of aryl methyl sites for hydroxylation is 2. The first-order valence-corrected chi connectivity index (χ1v) is 10.1. The summed E-state index contributed by atoms with van der Waals surface area (Å²) in [6, 6.07) is 6.79. The molecule has 1 aromatic heterocycles. The highest BCUT2D eigenvalue weighted by atomic mass is 32.2. The van der Waals surface area contributed by atoms with Gasteiger partial charge in [-0.15, -0.1) is 11.3 Å². The van der Waals surface area contributed by atoms with E-state index in [0.717, 1.165) is 16.3 Å². The summed E-state index contributed by atoms with van der Waals surface area (Å²) in [5.74, 6) is 0.632. The Hall–Kier alpha value is -1.97. The summed E-state index contributed by atoms with van der Waals surface area (Å²) >= 11 is 1.66. The highest BCUT2D eigenvalue weighted by molar-refractivity contribution is 7.89. The third-order valence-corrected chi connectivity index (χ3v) is 6.13. The van der Waals surface area contributed by atoms with Gasteiger partial charge in [0, 0.05) is 18.5 Å². The summed E-state index contributed by atoms with van der Waals surface area (Å²) in [7, 11) is -0.356. The van der Waals surface area contributed by atoms with Crippen molar-refractivity contribution >= 4 is 27.3 Å². The summed E-state index contributed by atoms with van der Waals surface area (Å²) in [5.41, 5.74) is 1.90. The number of benzene rings is 1. The van der Waals surface area contributed by atoms with Gasteiger partial charge in [0.15, 0.2) is 5.96 Å². The Morgan fingerprint density at radius 3 is 2.56 bits per heavy atom. The average Bonchev–Trinajstić information content (AvgIpc) is 2.93. The number of nitrogens with zero attached hydrogens (tertiary/aromatic N) is 2. The molecule has 0 radical (unpaired) electrons. The molecule has 0 saturated carbocycles. The second-order valence-electron chi connectivity index (χ2n) is 5.38. The van der Waals surface area contributed by atoms with Crippen molar-refractivity contribution in [2.24, 2.45) is 4.99 Å². The van der Waals surface area contributed by atoms with Crippen molar-refractivity contribution in [3.8, 4) is 0 Å². The molecule has 0 bridgehead atoms. The fourth-order valence-corrected chi connectivity index (χ4v) is 3.79. The van der Waals surface area contributed by atoms with Crippen LogP contribution in [0.3, 0.4) is 0 Å². The molecule has 0 aliphatic rings. The molecule has 2 aromatic rings. The van der Waals surface area contributed by atoms with Crippen molar-refractivity contribution in [1.29, 1.82) is 0 Å². The Balaban J connectivity index is 1.96. The number of aromatic nitrogens is 1. The van der Waals surface area contributed by atoms with Crippen LogP contribution in [-0.2, 0) is 23.1 Å². The van der Waals surface area contributed by atoms with Crippen LogP contribution >= 0.6 is 11.3 Å². The van der Waals surface area contributed by atoms with Crippen LogP contribution in [0, 0.1) is 13.8 Å². The molecule has 0 spiro atoms. The van der Waals surface area contributed by atoms with Gasteiger partial charge in [0.05, 0.1) is 17.1 Å². The highest BCUT2D eigenvalue weighted by Gasteiger charge is 2.11. The van der Waals surface area contributed by atoms with Crippen LogP contribution in [0.5, 0.6) is 0 Å². The van der Waals surface area contributed by atoms with E-state index < -0.39 is 10.0 Å². The maximum absolute atomic E-state index is 11.9. The van der Waals surface area contributed by atoms with Crippen molar-refractivity contribution in [3.63, 3.8) is 0 Å². The van der Waals surface area contributed by atoms with Gasteiger partial charge in [0.1, 0.15) is 5.01 Å². The Kier molecular flexibility index (Phi) is 6.51. The molecule has 0 unspecified atom stereocenters. The van der Waals surface area contributed by atoms with E-state index in [1.165, 1.54) is 11.9 Å². The molecule has 0 amide bonds. The standard InChI is InChI=1S/C16H23N5O2S2/c1-11-12(2)24-15(21-11)10-20-16(17-3)19-9-13-6-5-7-14(8-13)25(22,23)18-4/h5-8,18H,9-10H2,1-4H3,(H2,17,19,20). The van der Waals surface area contributed by atoms with E-state index in [2.05, 4.69) is 32.3 Å². The summed E-state index contributed by atoms with van der Waals surface area (Å²) in [5, 5.41) is 7.38. The molecule has 0 aliphatic carbocycles. The van der Waals surface area contributed by atoms with E-state index in [9.17, 15) is 8.42 Å². The zero-order valence-electron chi connectivity index (χ0n) is 14.8. The topological polar surface area (TPSA) is 95.5 Å². The van der Waals surface area contributed by atoms with Crippen LogP contribution in [0.1, 0.15) is 21.1 Å². The van der Waals surface area contributed by atoms with E-state index in [1.54, 1.807) is 36.6 Å². The predicted octanol–water partition coefficient (Wildman–Crippen LogP) is 1.53. The van der Waals surface area contributed by atoms with Crippen molar-refractivity contribution in [3.05, 3.63) is 45.4 Å². The van der Waals surface area contributed by atoms with Crippen LogP contribution in [0.2, 0.25) is 0 Å². The molecule has 0 aliphatic heterocycles. The van der Waals surface area contributed by atoms with Crippen LogP contribution in [0.15, 0.2) is 34.2 Å². The van der Waals surface area contributed by atoms with Gasteiger partial charge < -0.3 is 10.6 Å². The third kappa shape index (κ3) is 5.25. The summed E-state index contributed by atoms with van der Waals surface area (Å²) in [6.45, 7) is 5.10. The van der Waals surface area contributed by atoms with Gasteiger partial charge in [-0.1, -0.05) is 12.1 Å². The molecular weight excluding hydrogens is 358 g/mol. The Morgan fingerprint density at radius 2 is 1.96 bits per heavy atom. The maximum Gasteiger partial charge on any atom is 0.240 e. The zero-order chi connectivity index (χ0) is 18.4. The molecule has 3 N–H and O–H groups in total. The fraction of sp³-hybridized carbons (Fsp3) is 0.375. The minimum Gasteiger partial charge on any atom is -0.352 e. The van der Waals surface area contributed by atoms with Gasteiger partial charge in [0.2, 0.25) is 10.0 Å². The molecule has 1 aromatic carbocycles. The monoisotopic (exact) mass is 381 g/mol. The lowest BCUT2D eigenvalue weighted by Gasteiger charge is -2.11. The fourth-order valence-electron chi connectivity index (χ4n) is 2.12. The second-order valence-corrected chi connectivity index (χ2v) is 8.56. The van der Waals surface area contributed by atoms with Gasteiger partial charge >= 0.3 is 0 Å². The number of rotatable bonds is 6. The second kappa shape index (κ2) is 8.41. The normalized spacial score (nSPS) is 12.2. The van der Waals surface area contributed by atoms with Gasteiger partial charge in [-0.25, -0.2) is 18.1 Å². The van der Waals surface area contributed by atoms with Crippen LogP contribution < -0.4 is 15.4 Å². The van der Waals surface area contributed by atoms with Crippen molar-refractivity contribution in [2.75, 3.05) is 14.1 Å². The average molecular weight is 382 g/mol. The number of hydrogen-bond acceptors (Lipinski definition) is 5. The first-order valence-electron chi connectivity index (χ1n) is 7.75. The lowest BCUT2D eigenvalue weighted by molar-refractivity contribution is 0.588. The van der Waals surface area contributed by atoms with E-state index in [0.29, 0.717) is 19.0 Å². The lowest BCUT2D eigenvalue weighted by Crippen LogP contribution is -2.36. The third-order valence-electron chi connectivity index (χ3n) is 3.64. The first kappa shape index (κ1) is 19.4. The number of sulfonamides is 1. The molecule has 2 rings (SSSR count). The zero-order valence-corrected chi connectivity index (χ0v) is 16.4. The molecule has 0 saturated heterocycles. The van der Waals surface area contributed by atoms with Crippen molar-refractivity contribution in [2.45, 2.75) is 31.8 Å². The number of thiazole rings is 1. The lowest BCUT2D eigenvalue weighted by atomic mass is 10.2. The largest absolute Gasteiger partial charge is 0.352 e. The maximum atomic E-state index is 11.9. The van der Waals surface area contributed by atoms with Crippen molar-refractivity contribution in [1.82, 2.24) is 20.3 Å². The predicted molar refractivity (Wildman–Crippen MR) is 101 cm³/mol. The quantitative estimate of drug-likeness (QED) is 0.521. The summed E-state index contributed by atoms with van der Waals surface area (Å²) < 4.78 is 26.0. The molecular formula is C16H23N5O2S2. The Morgan fingerprint density at radius 1 is 1.24 bits per heavy atom. The minimum absolute atomic E-state index is 0.242. The molecule has 7 nitrogen and oxygen atoms in total. The molecule has 136 valence electrons. The Labute approximate surface area is 152 Å². The first-order chi connectivity index (χ1) is 11.9. The Bertz CT molecular complexity index is 840.